The maximum absolute atomic E-state index is 14.8. The van der Waals surface area contributed by atoms with Crippen LogP contribution >= 0.6 is 15.9 Å². The molecular weight excluding hydrogens is 705 g/mol. The number of halogens is 2. The molecule has 2 bridgehead atoms. The van der Waals surface area contributed by atoms with Gasteiger partial charge in [-0.05, 0) is 53.9 Å². The Morgan fingerprint density at radius 1 is 1.31 bits per heavy atom. The molecule has 4 rings (SSSR count). The number of rotatable bonds is 4. The average molecular weight is 747 g/mol. The fourth-order valence-electron chi connectivity index (χ4n) is 5.57. The van der Waals surface area contributed by atoms with Crippen LogP contribution in [0.1, 0.15) is 56.4 Å². The number of ether oxygens (including phenoxy) is 2. The van der Waals surface area contributed by atoms with Crippen LogP contribution in [0.15, 0.2) is 69.6 Å². The molecule has 0 saturated carbocycles. The summed E-state index contributed by atoms with van der Waals surface area (Å²) in [5.74, 6) is -2.66. The lowest BCUT2D eigenvalue weighted by atomic mass is 9.93. The van der Waals surface area contributed by atoms with Gasteiger partial charge < -0.3 is 29.2 Å². The molecule has 13 nitrogen and oxygen atoms in total. The number of fused-ring (bicyclic) bond motifs is 3. The first-order valence-corrected chi connectivity index (χ1v) is 16.8. The van der Waals surface area contributed by atoms with E-state index in [2.05, 4.69) is 36.5 Å². The molecule has 2 aromatic rings. The van der Waals surface area contributed by atoms with Gasteiger partial charge in [-0.2, -0.15) is 0 Å². The monoisotopic (exact) mass is 745 g/mol. The number of carbonyl (C=O) groups excluding carboxylic acids is 4. The minimum atomic E-state index is -1.50. The third-order valence-corrected chi connectivity index (χ3v) is 8.45. The second-order valence-corrected chi connectivity index (χ2v) is 12.9. The number of aromatic nitrogens is 2. The number of cyclic esters (lactones) is 1. The molecule has 3 N–H and O–H groups in total. The fourth-order valence-corrected chi connectivity index (χ4v) is 5.93. The maximum atomic E-state index is 14.8. The topological polar surface area (TPSA) is 173 Å². The van der Waals surface area contributed by atoms with Gasteiger partial charge in [0.2, 0.25) is 5.91 Å². The minimum Gasteiger partial charge on any atom is -0.460 e. The molecule has 1 saturated heterocycles. The second-order valence-electron chi connectivity index (χ2n) is 12.1. The number of hydrogen-bond acceptors (Lipinski definition) is 10. The van der Waals surface area contributed by atoms with Crippen molar-refractivity contribution < 1.29 is 42.6 Å². The predicted octanol–water partition coefficient (Wildman–Crippen LogP) is 4.69. The van der Waals surface area contributed by atoms with Crippen molar-refractivity contribution in [1.82, 2.24) is 20.2 Å². The number of alkyl halides is 1. The van der Waals surface area contributed by atoms with Crippen molar-refractivity contribution in [3.63, 3.8) is 0 Å². The van der Waals surface area contributed by atoms with Crippen LogP contribution in [0.5, 0.6) is 0 Å². The van der Waals surface area contributed by atoms with Crippen molar-refractivity contribution in [3.05, 3.63) is 76.7 Å². The summed E-state index contributed by atoms with van der Waals surface area (Å²) in [7, 11) is 0. The lowest BCUT2D eigenvalue weighted by Gasteiger charge is -2.30. The molecule has 4 heterocycles. The quantitative estimate of drug-likeness (QED) is 0.295. The Balaban J connectivity index is 1.54. The summed E-state index contributed by atoms with van der Waals surface area (Å²) in [6.45, 7) is 5.58. The molecular formula is C34H41BrFN5O8. The molecule has 2 aliphatic heterocycles. The van der Waals surface area contributed by atoms with E-state index in [9.17, 15) is 28.7 Å². The number of esters is 1. The highest BCUT2D eigenvalue weighted by Gasteiger charge is 2.39. The number of oxazole rings is 1. The highest BCUT2D eigenvalue weighted by atomic mass is 79.9. The average Bonchev–Trinajstić information content (AvgIpc) is 3.73. The number of anilines is 1. The summed E-state index contributed by atoms with van der Waals surface area (Å²) in [5.41, 5.74) is 1.06. The van der Waals surface area contributed by atoms with Gasteiger partial charge in [0.05, 0.1) is 19.1 Å². The number of pyridine rings is 1. The van der Waals surface area contributed by atoms with Gasteiger partial charge in [-0.15, -0.1) is 0 Å². The van der Waals surface area contributed by atoms with E-state index in [1.165, 1.54) is 23.2 Å². The van der Waals surface area contributed by atoms with Gasteiger partial charge in [-0.3, -0.25) is 14.9 Å². The highest BCUT2D eigenvalue weighted by Crippen LogP contribution is 2.26. The zero-order chi connectivity index (χ0) is 35.5. The first kappa shape index (κ1) is 37.4. The van der Waals surface area contributed by atoms with Crippen LogP contribution < -0.4 is 10.6 Å². The number of nitrogens with one attached hydrogen (secondary N) is 2. The number of nitrogens with zero attached hydrogens (tertiary/aromatic N) is 3. The summed E-state index contributed by atoms with van der Waals surface area (Å²) in [6, 6.07) is 2.27. The van der Waals surface area contributed by atoms with E-state index in [0.717, 1.165) is 6.26 Å². The van der Waals surface area contributed by atoms with Crippen LogP contribution in [-0.4, -0.2) is 88.0 Å². The van der Waals surface area contributed by atoms with Crippen LogP contribution in [0.4, 0.5) is 14.9 Å². The summed E-state index contributed by atoms with van der Waals surface area (Å²) >= 11 is 3.24. The summed E-state index contributed by atoms with van der Waals surface area (Å²) in [6.07, 6.45) is 6.71. The molecule has 2 aromatic heterocycles. The van der Waals surface area contributed by atoms with Gasteiger partial charge in [-0.1, -0.05) is 43.7 Å². The first-order valence-electron chi connectivity index (χ1n) is 16.0. The van der Waals surface area contributed by atoms with E-state index in [0.29, 0.717) is 28.7 Å². The van der Waals surface area contributed by atoms with Crippen LogP contribution in [0.3, 0.4) is 0 Å². The Bertz CT molecular complexity index is 1580. The fraction of sp³-hybridized carbons (Fsp3) is 0.471. The van der Waals surface area contributed by atoms with Gasteiger partial charge in [0.1, 0.15) is 29.2 Å². The largest absolute Gasteiger partial charge is 0.460 e. The van der Waals surface area contributed by atoms with Crippen LogP contribution in [0.25, 0.3) is 0 Å². The smallest absolute Gasteiger partial charge is 0.411 e. The molecule has 0 spiro atoms. The number of allylic oxidation sites excluding steroid dienone is 2. The summed E-state index contributed by atoms with van der Waals surface area (Å²) < 4.78 is 32.1. The predicted molar refractivity (Wildman–Crippen MR) is 180 cm³/mol. The molecule has 0 aliphatic carbocycles. The maximum Gasteiger partial charge on any atom is 0.411 e. The number of aliphatic hydroxyl groups excluding tert-OH is 1. The number of amides is 3. The Labute approximate surface area is 292 Å². The molecule has 2 aliphatic rings. The first-order chi connectivity index (χ1) is 23.4. The van der Waals surface area contributed by atoms with E-state index in [1.54, 1.807) is 51.1 Å². The molecule has 0 radical (unpaired) electrons. The van der Waals surface area contributed by atoms with E-state index in [1.807, 2.05) is 0 Å². The van der Waals surface area contributed by atoms with Gasteiger partial charge in [-0.25, -0.2) is 23.9 Å². The minimum absolute atomic E-state index is 0.00814. The van der Waals surface area contributed by atoms with Crippen molar-refractivity contribution in [1.29, 1.82) is 0 Å². The van der Waals surface area contributed by atoms with Gasteiger partial charge in [0.15, 0.2) is 11.6 Å². The molecule has 0 aromatic carbocycles. The Kier molecular flexibility index (Phi) is 13.6. The van der Waals surface area contributed by atoms with Crippen molar-refractivity contribution in [2.24, 2.45) is 11.8 Å². The van der Waals surface area contributed by atoms with Crippen LogP contribution in [0.2, 0.25) is 0 Å². The number of carbonyl (C=O) groups is 4. The molecule has 0 unspecified atom stereocenters. The van der Waals surface area contributed by atoms with Crippen LogP contribution in [-0.2, 0) is 25.5 Å². The normalized spacial score (nSPS) is 25.8. The van der Waals surface area contributed by atoms with Crippen molar-refractivity contribution in [2.45, 2.75) is 70.9 Å². The third kappa shape index (κ3) is 11.3. The Hall–Kier alpha value is -4.37. The van der Waals surface area contributed by atoms with E-state index < -0.39 is 60.1 Å². The lowest BCUT2D eigenvalue weighted by molar-refractivity contribution is -0.159. The zero-order valence-electron chi connectivity index (χ0n) is 27.5. The van der Waals surface area contributed by atoms with E-state index in [-0.39, 0.29) is 44.1 Å². The van der Waals surface area contributed by atoms with Crippen molar-refractivity contribution in [3.8, 4) is 0 Å². The van der Waals surface area contributed by atoms with Crippen molar-refractivity contribution >= 4 is 45.5 Å². The summed E-state index contributed by atoms with van der Waals surface area (Å²) in [5, 5.41) is 15.7. The van der Waals surface area contributed by atoms with E-state index in [4.69, 9.17) is 13.9 Å². The van der Waals surface area contributed by atoms with Gasteiger partial charge in [0.25, 0.3) is 5.91 Å². The standard InChI is InChI=1S/C34H41BrFN5O8/c1-20-6-4-11-38-29(43)9-8-21(2)31(22(3)18-48-34(46)39-24-10-12-37-28(35)17-24)49-33(45)27-7-5-13-41(27)32(44)26-19-47-30(40-26)16-23(36)15-25(42)14-20/h4,6,8-10,12,14,17,19,21-23,25,27,31,42H,5,7,11,13,15-16,18H2,1-3H3,(H,38,43)(H,37,39,46)/b6-4?,9-8+,20-14?/t21-,22-,23-,25-,27-,31+/m1/s1. The third-order valence-electron chi connectivity index (χ3n) is 8.01. The van der Waals surface area contributed by atoms with Gasteiger partial charge >= 0.3 is 12.1 Å². The molecule has 49 heavy (non-hydrogen) atoms. The Morgan fingerprint density at radius 2 is 2.10 bits per heavy atom. The number of aliphatic hydroxyl groups is 1. The summed E-state index contributed by atoms with van der Waals surface area (Å²) in [4.78, 5) is 61.7. The molecule has 15 heteroatoms. The second kappa shape index (κ2) is 17.9. The molecule has 6 atom stereocenters. The van der Waals surface area contributed by atoms with E-state index >= 15 is 0 Å². The highest BCUT2D eigenvalue weighted by molar-refractivity contribution is 9.10. The lowest BCUT2D eigenvalue weighted by Crippen LogP contribution is -2.44. The molecule has 1 fully saturated rings. The van der Waals surface area contributed by atoms with Gasteiger partial charge in [0, 0.05) is 43.2 Å². The SMILES string of the molecule is CC1=C[C@@H](O)C[C@@H](F)Cc2nc(co2)C(=O)N2CCC[C@@H]2C(=O)O[C@H]([C@H](C)COC(=O)Nc2ccnc(Br)c2)[C@H](C)/C=C/C(=O)NCC=C1. The molecule has 3 amide bonds. The Morgan fingerprint density at radius 3 is 2.88 bits per heavy atom. The molecule has 264 valence electrons. The van der Waals surface area contributed by atoms with Crippen molar-refractivity contribution in [2.75, 3.05) is 25.0 Å². The van der Waals surface area contributed by atoms with Crippen LogP contribution in [0, 0.1) is 11.8 Å². The number of hydrogen-bond donors (Lipinski definition) is 3. The zero-order valence-corrected chi connectivity index (χ0v) is 29.1.